The normalized spacial score (nSPS) is 42.8. The first-order chi connectivity index (χ1) is 18.3. The molecule has 4 aliphatic carbocycles. The molecular formula is C29H39F3O7. The Morgan fingerprint density at radius 2 is 1.82 bits per heavy atom. The lowest BCUT2D eigenvalue weighted by atomic mass is 9.44. The molecule has 0 saturated heterocycles. The molecule has 218 valence electrons. The number of esters is 1. The van der Waals surface area contributed by atoms with Crippen molar-refractivity contribution in [2.45, 2.75) is 90.3 Å². The number of allylic oxidation sites excluding steroid dienone is 4. The van der Waals surface area contributed by atoms with E-state index in [4.69, 9.17) is 14.2 Å². The minimum atomic E-state index is -2.38. The van der Waals surface area contributed by atoms with Crippen LogP contribution in [0.3, 0.4) is 0 Å². The first kappa shape index (κ1) is 29.6. The van der Waals surface area contributed by atoms with Gasteiger partial charge in [0, 0.05) is 22.7 Å². The average Bonchev–Trinajstić information content (AvgIpc) is 3.10. The van der Waals surface area contributed by atoms with Crippen LogP contribution in [0.4, 0.5) is 18.0 Å². The van der Waals surface area contributed by atoms with Gasteiger partial charge in [-0.2, -0.15) is 0 Å². The number of fused-ring (bicyclic) bond motifs is 5. The van der Waals surface area contributed by atoms with Crippen LogP contribution < -0.4 is 0 Å². The van der Waals surface area contributed by atoms with E-state index in [1.54, 1.807) is 13.8 Å². The van der Waals surface area contributed by atoms with Gasteiger partial charge in [-0.1, -0.05) is 46.6 Å². The molecule has 0 aromatic rings. The van der Waals surface area contributed by atoms with Crippen LogP contribution >= 0.6 is 0 Å². The quantitative estimate of drug-likeness (QED) is 0.422. The standard InChI is InChI=1S/C29H39F3O7/c1-6-17(7-2)14-37-25(36)39-29(24(35)38-15-30)16(3)10-19-20-12-22(31)21-11-18(33)8-9-26(21,4)28(20,32)23(34)13-27(19,29)5/h8-9,11,16-17,19-20,22-23,34H,6-7,10,12-15H2,1-5H3/t16-,19+,20+,22+,23+,26+,27+,28?,29-/m1/s1. The number of rotatable bonds is 7. The van der Waals surface area contributed by atoms with Crippen molar-refractivity contribution in [3.05, 3.63) is 23.8 Å². The van der Waals surface area contributed by atoms with E-state index in [9.17, 15) is 23.9 Å². The highest BCUT2D eigenvalue weighted by atomic mass is 19.1. The molecule has 0 aromatic heterocycles. The summed E-state index contributed by atoms with van der Waals surface area (Å²) in [6, 6.07) is 0. The van der Waals surface area contributed by atoms with Crippen molar-refractivity contribution in [1.82, 2.24) is 0 Å². The summed E-state index contributed by atoms with van der Waals surface area (Å²) in [4.78, 5) is 38.5. The Balaban J connectivity index is 1.77. The Labute approximate surface area is 227 Å². The number of ketones is 1. The molecule has 10 heteroatoms. The van der Waals surface area contributed by atoms with E-state index >= 15 is 8.78 Å². The van der Waals surface area contributed by atoms with Gasteiger partial charge in [0.05, 0.1) is 12.7 Å². The smallest absolute Gasteiger partial charge is 0.434 e. The first-order valence-electron chi connectivity index (χ1n) is 13.8. The number of aliphatic hydroxyl groups excluding tert-OH is 1. The molecule has 7 nitrogen and oxygen atoms in total. The molecule has 0 amide bonds. The molecule has 1 N–H and O–H groups in total. The molecule has 0 aromatic carbocycles. The molecule has 4 rings (SSSR count). The fourth-order valence-electron chi connectivity index (χ4n) is 8.25. The van der Waals surface area contributed by atoms with Gasteiger partial charge < -0.3 is 19.3 Å². The highest BCUT2D eigenvalue weighted by Gasteiger charge is 2.79. The lowest BCUT2D eigenvalue weighted by Gasteiger charge is -2.62. The number of aliphatic hydroxyl groups is 1. The van der Waals surface area contributed by atoms with E-state index in [-0.39, 0.29) is 37.4 Å². The molecule has 9 atom stereocenters. The average molecular weight is 557 g/mol. The maximum Gasteiger partial charge on any atom is 0.509 e. The van der Waals surface area contributed by atoms with E-state index in [0.29, 0.717) is 0 Å². The summed E-state index contributed by atoms with van der Waals surface area (Å²) in [6.45, 7) is 7.14. The predicted molar refractivity (Wildman–Crippen MR) is 134 cm³/mol. The number of halogens is 3. The Hall–Kier alpha value is -2.36. The van der Waals surface area contributed by atoms with Crippen molar-refractivity contribution >= 4 is 17.9 Å². The van der Waals surface area contributed by atoms with Crippen molar-refractivity contribution < 1.29 is 46.9 Å². The van der Waals surface area contributed by atoms with Crippen LogP contribution in [0.1, 0.15) is 66.7 Å². The fourth-order valence-corrected chi connectivity index (χ4v) is 8.25. The third-order valence-corrected chi connectivity index (χ3v) is 10.5. The minimum Gasteiger partial charge on any atom is -0.434 e. The van der Waals surface area contributed by atoms with Crippen molar-refractivity contribution in [1.29, 1.82) is 0 Å². The highest BCUT2D eigenvalue weighted by Crippen LogP contribution is 2.71. The Morgan fingerprint density at radius 1 is 1.15 bits per heavy atom. The first-order valence-corrected chi connectivity index (χ1v) is 13.8. The monoisotopic (exact) mass is 556 g/mol. The fraction of sp³-hybridized carbons (Fsp3) is 0.759. The third-order valence-electron chi connectivity index (χ3n) is 10.5. The van der Waals surface area contributed by atoms with Crippen molar-refractivity contribution in [3.8, 4) is 0 Å². The van der Waals surface area contributed by atoms with Crippen molar-refractivity contribution in [2.75, 3.05) is 13.5 Å². The molecule has 3 saturated carbocycles. The summed E-state index contributed by atoms with van der Waals surface area (Å²) in [5, 5.41) is 11.5. The number of carbonyl (C=O) groups excluding carboxylic acids is 3. The molecule has 1 unspecified atom stereocenters. The molecule has 39 heavy (non-hydrogen) atoms. The van der Waals surface area contributed by atoms with Crippen LogP contribution in [0.2, 0.25) is 0 Å². The van der Waals surface area contributed by atoms with Crippen LogP contribution in [0.5, 0.6) is 0 Å². The van der Waals surface area contributed by atoms with Gasteiger partial charge in [0.25, 0.3) is 0 Å². The van der Waals surface area contributed by atoms with Crippen molar-refractivity contribution in [3.63, 3.8) is 0 Å². The summed E-state index contributed by atoms with van der Waals surface area (Å²) < 4.78 is 62.3. The predicted octanol–water partition coefficient (Wildman–Crippen LogP) is 5.35. The van der Waals surface area contributed by atoms with E-state index < -0.39 is 76.9 Å². The number of alkyl halides is 3. The van der Waals surface area contributed by atoms with Crippen LogP contribution in [-0.2, 0) is 23.8 Å². The van der Waals surface area contributed by atoms with E-state index in [1.807, 2.05) is 13.8 Å². The summed E-state index contributed by atoms with van der Waals surface area (Å²) in [5.74, 6) is -4.17. The largest absolute Gasteiger partial charge is 0.509 e. The van der Waals surface area contributed by atoms with Gasteiger partial charge in [-0.15, -0.1) is 0 Å². The van der Waals surface area contributed by atoms with Gasteiger partial charge in [-0.25, -0.2) is 22.8 Å². The molecular weight excluding hydrogens is 517 g/mol. The van der Waals surface area contributed by atoms with Gasteiger partial charge in [-0.3, -0.25) is 4.79 Å². The second-order valence-electron chi connectivity index (χ2n) is 12.1. The summed E-state index contributed by atoms with van der Waals surface area (Å²) in [5.41, 5.74) is -7.53. The molecule has 0 heterocycles. The van der Waals surface area contributed by atoms with Gasteiger partial charge in [0.15, 0.2) is 11.5 Å². The van der Waals surface area contributed by atoms with Crippen molar-refractivity contribution in [2.24, 2.45) is 34.5 Å². The molecule has 0 radical (unpaired) electrons. The van der Waals surface area contributed by atoms with Crippen LogP contribution in [-0.4, -0.2) is 60.0 Å². The maximum absolute atomic E-state index is 17.4. The second-order valence-corrected chi connectivity index (χ2v) is 12.1. The second kappa shape index (κ2) is 10.2. The summed E-state index contributed by atoms with van der Waals surface area (Å²) in [6.07, 6.45) is 0.0135. The number of hydrogen-bond acceptors (Lipinski definition) is 7. The van der Waals surface area contributed by atoms with Gasteiger partial charge >= 0.3 is 12.1 Å². The summed E-state index contributed by atoms with van der Waals surface area (Å²) >= 11 is 0. The van der Waals surface area contributed by atoms with E-state index in [1.165, 1.54) is 19.1 Å². The van der Waals surface area contributed by atoms with E-state index in [0.717, 1.165) is 18.9 Å². The van der Waals surface area contributed by atoms with Gasteiger partial charge in [0.1, 0.15) is 6.17 Å². The lowest BCUT2D eigenvalue weighted by Crippen LogP contribution is -2.71. The lowest BCUT2D eigenvalue weighted by molar-refractivity contribution is -0.235. The highest BCUT2D eigenvalue weighted by molar-refractivity contribution is 6.01. The number of hydrogen-bond donors (Lipinski definition) is 1. The molecule has 3 fully saturated rings. The molecule has 4 aliphatic rings. The summed E-state index contributed by atoms with van der Waals surface area (Å²) in [7, 11) is 0. The Bertz CT molecular complexity index is 1070. The molecule has 0 aliphatic heterocycles. The van der Waals surface area contributed by atoms with Gasteiger partial charge in [-0.05, 0) is 55.7 Å². The zero-order valence-electron chi connectivity index (χ0n) is 23.2. The zero-order chi connectivity index (χ0) is 29.0. The minimum absolute atomic E-state index is 0.0215. The van der Waals surface area contributed by atoms with Gasteiger partial charge in [0.2, 0.25) is 12.5 Å². The van der Waals surface area contributed by atoms with Crippen LogP contribution in [0.15, 0.2) is 23.8 Å². The number of ether oxygens (including phenoxy) is 3. The molecule has 0 spiro atoms. The Kier molecular flexibility index (Phi) is 7.77. The third kappa shape index (κ3) is 4.06. The number of carbonyl (C=O) groups is 3. The topological polar surface area (TPSA) is 99.1 Å². The Morgan fingerprint density at radius 3 is 2.44 bits per heavy atom. The SMILES string of the molecule is CCC(CC)COC(=O)O[C@@]1(C(=O)OCF)[C@H](C)C[C@H]2[C@@H]3C[C@H](F)C4=CC(=O)C=C[C@]4(C)C3(F)[C@@H](O)C[C@@]21C. The molecule has 0 bridgehead atoms. The van der Waals surface area contributed by atoms with Crippen LogP contribution in [0.25, 0.3) is 0 Å². The zero-order valence-corrected chi connectivity index (χ0v) is 23.2. The van der Waals surface area contributed by atoms with Crippen LogP contribution in [0, 0.1) is 34.5 Å². The maximum atomic E-state index is 17.4. The van der Waals surface area contributed by atoms with E-state index in [2.05, 4.69) is 0 Å².